The molecule has 0 saturated heterocycles. The van der Waals surface area contributed by atoms with Crippen molar-refractivity contribution in [3.63, 3.8) is 0 Å². The van der Waals surface area contributed by atoms with Crippen LogP contribution in [0.5, 0.6) is 5.75 Å². The second kappa shape index (κ2) is 8.65. The number of carbonyl (C=O) groups is 2. The van der Waals surface area contributed by atoms with Gasteiger partial charge in [-0.1, -0.05) is 0 Å². The summed E-state index contributed by atoms with van der Waals surface area (Å²) in [5.41, 5.74) is 0.677. The Balaban J connectivity index is 1.99. The molecule has 0 aliphatic heterocycles. The summed E-state index contributed by atoms with van der Waals surface area (Å²) >= 11 is 3.09. The van der Waals surface area contributed by atoms with Crippen molar-refractivity contribution in [2.75, 3.05) is 11.9 Å². The van der Waals surface area contributed by atoms with Gasteiger partial charge in [0.25, 0.3) is 5.91 Å². The SMILES string of the molecule is Cc1cc(Br)c(O)c(C(=O)OCC(=O)Nc2ccc(S(=O)(=O)C(F)F)cc2)c1. The molecule has 0 unspecified atom stereocenters. The zero-order valence-corrected chi connectivity index (χ0v) is 16.7. The van der Waals surface area contributed by atoms with Gasteiger partial charge >= 0.3 is 11.7 Å². The fourth-order valence-corrected chi connectivity index (χ4v) is 3.42. The molecule has 2 N–H and O–H groups in total. The Kier molecular flexibility index (Phi) is 6.73. The van der Waals surface area contributed by atoms with E-state index in [1.807, 2.05) is 0 Å². The first-order chi connectivity index (χ1) is 13.0. The van der Waals surface area contributed by atoms with E-state index in [0.717, 1.165) is 24.3 Å². The number of hydrogen-bond donors (Lipinski definition) is 2. The molecule has 2 aromatic carbocycles. The van der Waals surface area contributed by atoms with E-state index in [1.165, 1.54) is 6.07 Å². The van der Waals surface area contributed by atoms with Crippen LogP contribution in [0.25, 0.3) is 0 Å². The van der Waals surface area contributed by atoms with Crippen LogP contribution in [0.4, 0.5) is 14.5 Å². The Morgan fingerprint density at radius 3 is 2.39 bits per heavy atom. The largest absolute Gasteiger partial charge is 0.506 e. The van der Waals surface area contributed by atoms with E-state index in [9.17, 15) is 31.9 Å². The number of sulfone groups is 1. The number of phenolic OH excluding ortho intramolecular Hbond substituents is 1. The third kappa shape index (κ3) is 5.04. The maximum absolute atomic E-state index is 12.5. The fourth-order valence-electron chi connectivity index (χ4n) is 2.13. The summed E-state index contributed by atoms with van der Waals surface area (Å²) < 4.78 is 52.8. The number of halogens is 3. The van der Waals surface area contributed by atoms with Crippen LogP contribution in [0, 0.1) is 6.92 Å². The van der Waals surface area contributed by atoms with E-state index in [0.29, 0.717) is 10.0 Å². The number of aromatic hydroxyl groups is 1. The zero-order chi connectivity index (χ0) is 21.1. The van der Waals surface area contributed by atoms with Crippen molar-refractivity contribution >= 4 is 43.3 Å². The topological polar surface area (TPSA) is 110 Å². The van der Waals surface area contributed by atoms with E-state index in [1.54, 1.807) is 13.0 Å². The summed E-state index contributed by atoms with van der Waals surface area (Å²) in [7, 11) is -4.73. The molecule has 0 aromatic heterocycles. The molecule has 0 fully saturated rings. The first-order valence-electron chi connectivity index (χ1n) is 7.60. The molecule has 0 aliphatic carbocycles. The smallest absolute Gasteiger partial charge is 0.342 e. The third-order valence-electron chi connectivity index (χ3n) is 3.46. The molecule has 0 aliphatic rings. The second-order valence-electron chi connectivity index (χ2n) is 5.60. The van der Waals surface area contributed by atoms with Gasteiger partial charge in [0.2, 0.25) is 9.84 Å². The number of alkyl halides is 2. The summed E-state index contributed by atoms with van der Waals surface area (Å²) in [6, 6.07) is 7.08. The lowest BCUT2D eigenvalue weighted by Crippen LogP contribution is -2.21. The van der Waals surface area contributed by atoms with Crippen molar-refractivity contribution in [1.29, 1.82) is 0 Å². The van der Waals surface area contributed by atoms with E-state index >= 15 is 0 Å². The molecule has 2 aromatic rings. The number of carbonyl (C=O) groups excluding carboxylic acids is 2. The normalized spacial score (nSPS) is 11.3. The Morgan fingerprint density at radius 2 is 1.82 bits per heavy atom. The first kappa shape index (κ1) is 21.8. The number of hydrogen-bond acceptors (Lipinski definition) is 6. The lowest BCUT2D eigenvalue weighted by Gasteiger charge is -2.10. The second-order valence-corrected chi connectivity index (χ2v) is 8.37. The van der Waals surface area contributed by atoms with Crippen LogP contribution >= 0.6 is 15.9 Å². The highest BCUT2D eigenvalue weighted by Gasteiger charge is 2.26. The molecule has 0 radical (unpaired) electrons. The molecule has 11 heteroatoms. The molecular formula is C17H14BrF2NO6S. The van der Waals surface area contributed by atoms with Crippen molar-refractivity contribution in [2.45, 2.75) is 17.6 Å². The van der Waals surface area contributed by atoms with Gasteiger partial charge in [-0.15, -0.1) is 0 Å². The van der Waals surface area contributed by atoms with Gasteiger partial charge < -0.3 is 15.2 Å². The van der Waals surface area contributed by atoms with Crippen molar-refractivity contribution < 1.29 is 36.6 Å². The number of benzene rings is 2. The van der Waals surface area contributed by atoms with Crippen LogP contribution in [0.1, 0.15) is 15.9 Å². The number of rotatable bonds is 6. The highest BCUT2D eigenvalue weighted by Crippen LogP contribution is 2.29. The van der Waals surface area contributed by atoms with Gasteiger partial charge in [-0.2, -0.15) is 8.78 Å². The standard InChI is InChI=1S/C17H14BrF2NO6S/c1-9-6-12(15(23)13(18)7-9)16(24)27-8-14(22)21-10-2-4-11(5-3-10)28(25,26)17(19)20/h2-7,17,23H,8H2,1H3,(H,21,22). The predicted molar refractivity (Wildman–Crippen MR) is 99.1 cm³/mol. The van der Waals surface area contributed by atoms with E-state index in [4.69, 9.17) is 4.74 Å². The van der Waals surface area contributed by atoms with Crippen LogP contribution in [0.2, 0.25) is 0 Å². The number of esters is 1. The van der Waals surface area contributed by atoms with Gasteiger partial charge in [0.05, 0.1) is 9.37 Å². The maximum atomic E-state index is 12.5. The lowest BCUT2D eigenvalue weighted by atomic mass is 10.1. The molecule has 0 bridgehead atoms. The molecule has 7 nitrogen and oxygen atoms in total. The molecule has 0 saturated carbocycles. The Labute approximate surface area is 167 Å². The van der Waals surface area contributed by atoms with Crippen LogP contribution < -0.4 is 5.32 Å². The monoisotopic (exact) mass is 477 g/mol. The molecule has 0 spiro atoms. The Bertz CT molecular complexity index is 1010. The molecule has 150 valence electrons. The summed E-state index contributed by atoms with van der Waals surface area (Å²) in [4.78, 5) is 23.3. The number of aryl methyl sites for hydroxylation is 1. The minimum Gasteiger partial charge on any atom is -0.506 e. The number of phenols is 1. The van der Waals surface area contributed by atoms with Gasteiger partial charge in [0.15, 0.2) is 6.61 Å². The van der Waals surface area contributed by atoms with Gasteiger partial charge in [0, 0.05) is 5.69 Å². The number of amides is 1. The maximum Gasteiger partial charge on any atom is 0.342 e. The van der Waals surface area contributed by atoms with Gasteiger partial charge in [0.1, 0.15) is 11.3 Å². The number of ether oxygens (including phenoxy) is 1. The van der Waals surface area contributed by atoms with Crippen molar-refractivity contribution in [3.8, 4) is 5.75 Å². The molecule has 1 amide bonds. The van der Waals surface area contributed by atoms with Crippen molar-refractivity contribution in [1.82, 2.24) is 0 Å². The highest BCUT2D eigenvalue weighted by molar-refractivity contribution is 9.10. The van der Waals surface area contributed by atoms with Gasteiger partial charge in [-0.3, -0.25) is 4.79 Å². The summed E-state index contributed by atoms with van der Waals surface area (Å²) in [6.45, 7) is 1.02. The minimum absolute atomic E-state index is 0.121. The molecule has 0 heterocycles. The van der Waals surface area contributed by atoms with Crippen LogP contribution in [0.3, 0.4) is 0 Å². The molecular weight excluding hydrogens is 464 g/mol. The first-order valence-corrected chi connectivity index (χ1v) is 9.94. The quantitative estimate of drug-likeness (QED) is 0.617. The lowest BCUT2D eigenvalue weighted by molar-refractivity contribution is -0.119. The van der Waals surface area contributed by atoms with Gasteiger partial charge in [-0.05, 0) is 64.8 Å². The Hall–Kier alpha value is -2.53. The average Bonchev–Trinajstić information content (AvgIpc) is 2.63. The van der Waals surface area contributed by atoms with Gasteiger partial charge in [-0.25, -0.2) is 13.2 Å². The molecule has 2 rings (SSSR count). The van der Waals surface area contributed by atoms with Crippen molar-refractivity contribution in [2.24, 2.45) is 0 Å². The average molecular weight is 478 g/mol. The number of nitrogens with one attached hydrogen (secondary N) is 1. The summed E-state index contributed by atoms with van der Waals surface area (Å²) in [5, 5.41) is 12.2. The molecule has 0 atom stereocenters. The van der Waals surface area contributed by atoms with E-state index in [-0.39, 0.29) is 17.0 Å². The van der Waals surface area contributed by atoms with Crippen LogP contribution in [0.15, 0.2) is 45.8 Å². The number of anilines is 1. The highest BCUT2D eigenvalue weighted by atomic mass is 79.9. The minimum atomic E-state index is -4.73. The summed E-state index contributed by atoms with van der Waals surface area (Å²) in [6.07, 6.45) is 0. The van der Waals surface area contributed by atoms with Crippen LogP contribution in [-0.2, 0) is 19.4 Å². The van der Waals surface area contributed by atoms with E-state index in [2.05, 4.69) is 21.2 Å². The third-order valence-corrected chi connectivity index (χ3v) is 5.47. The molecule has 28 heavy (non-hydrogen) atoms. The predicted octanol–water partition coefficient (Wildman–Crippen LogP) is 3.25. The Morgan fingerprint density at radius 1 is 1.21 bits per heavy atom. The van der Waals surface area contributed by atoms with Crippen molar-refractivity contribution in [3.05, 3.63) is 52.0 Å². The summed E-state index contributed by atoms with van der Waals surface area (Å²) in [5.74, 6) is -5.54. The fraction of sp³-hybridized carbons (Fsp3) is 0.176. The zero-order valence-electron chi connectivity index (χ0n) is 14.3. The van der Waals surface area contributed by atoms with E-state index < -0.39 is 39.0 Å². The van der Waals surface area contributed by atoms with Crippen LogP contribution in [-0.4, -0.2) is 37.8 Å².